The lowest BCUT2D eigenvalue weighted by molar-refractivity contribution is -0.140. The molecule has 2 atom stereocenters. The van der Waals surface area contributed by atoms with Crippen LogP contribution in [-0.4, -0.2) is 58.5 Å². The fourth-order valence-electron chi connectivity index (χ4n) is 1.09. The van der Waals surface area contributed by atoms with Crippen LogP contribution in [0.1, 0.15) is 20.8 Å². The number of ether oxygens (including phenoxy) is 1. The van der Waals surface area contributed by atoms with Crippen molar-refractivity contribution in [3.8, 4) is 0 Å². The van der Waals surface area contributed by atoms with Crippen LogP contribution >= 0.6 is 11.8 Å². The maximum Gasteiger partial charge on any atom is 0.327 e. The summed E-state index contributed by atoms with van der Waals surface area (Å²) in [7, 11) is 0. The molecule has 0 radical (unpaired) electrons. The van der Waals surface area contributed by atoms with Crippen LogP contribution in [0, 0.1) is 0 Å². The van der Waals surface area contributed by atoms with Gasteiger partial charge >= 0.3 is 5.97 Å². The third-order valence-corrected chi connectivity index (χ3v) is 3.08. The van der Waals surface area contributed by atoms with E-state index < -0.39 is 18.1 Å². The Morgan fingerprint density at radius 2 is 1.94 bits per heavy atom. The minimum atomic E-state index is -1.08. The Hall–Kier alpha value is -0.790. The van der Waals surface area contributed by atoms with Crippen molar-refractivity contribution < 1.29 is 24.5 Å². The van der Waals surface area contributed by atoms with Crippen molar-refractivity contribution in [3.63, 3.8) is 0 Å². The van der Waals surface area contributed by atoms with Crippen LogP contribution in [0.5, 0.6) is 0 Å². The number of thioether (sulfide) groups is 1. The van der Waals surface area contributed by atoms with Gasteiger partial charge in [0, 0.05) is 18.4 Å². The Morgan fingerprint density at radius 3 is 2.39 bits per heavy atom. The number of amides is 1. The molecule has 0 aliphatic heterocycles. The van der Waals surface area contributed by atoms with Crippen molar-refractivity contribution in [2.75, 3.05) is 18.1 Å². The van der Waals surface area contributed by atoms with Gasteiger partial charge in [0.1, 0.15) is 6.04 Å². The van der Waals surface area contributed by atoms with Gasteiger partial charge in [0.15, 0.2) is 0 Å². The number of hydrogen-bond donors (Lipinski definition) is 3. The fraction of sp³-hybridized carbons (Fsp3) is 0.818. The first-order chi connectivity index (χ1) is 8.32. The first kappa shape index (κ1) is 17.2. The van der Waals surface area contributed by atoms with Crippen LogP contribution in [0.2, 0.25) is 0 Å². The third kappa shape index (κ3) is 9.26. The summed E-state index contributed by atoms with van der Waals surface area (Å²) in [6, 6.07) is -0.925. The van der Waals surface area contributed by atoms with E-state index in [2.05, 4.69) is 5.32 Å². The molecule has 0 aromatic heterocycles. The van der Waals surface area contributed by atoms with Gasteiger partial charge in [-0.1, -0.05) is 0 Å². The Morgan fingerprint density at radius 1 is 1.33 bits per heavy atom. The number of carbonyl (C=O) groups is 2. The third-order valence-electron chi connectivity index (χ3n) is 1.89. The Balaban J connectivity index is 3.84. The zero-order valence-corrected chi connectivity index (χ0v) is 11.7. The molecule has 0 rings (SSSR count). The molecular weight excluding hydrogens is 258 g/mol. The van der Waals surface area contributed by atoms with Gasteiger partial charge < -0.3 is 20.3 Å². The van der Waals surface area contributed by atoms with Crippen molar-refractivity contribution in [3.05, 3.63) is 0 Å². The summed E-state index contributed by atoms with van der Waals surface area (Å²) in [4.78, 5) is 21.6. The molecule has 2 unspecified atom stereocenters. The molecule has 7 heteroatoms. The SMILES string of the molecule is CC(=O)NC(CSCC(O)COC(C)C)C(=O)O. The normalized spacial score (nSPS) is 14.3. The molecule has 0 heterocycles. The highest BCUT2D eigenvalue weighted by atomic mass is 32.2. The molecule has 0 aromatic carbocycles. The summed E-state index contributed by atoms with van der Waals surface area (Å²) in [6.45, 7) is 5.24. The highest BCUT2D eigenvalue weighted by Crippen LogP contribution is 2.07. The highest BCUT2D eigenvalue weighted by Gasteiger charge is 2.18. The van der Waals surface area contributed by atoms with Crippen molar-refractivity contribution in [1.29, 1.82) is 0 Å². The molecule has 106 valence electrons. The number of carboxylic acid groups (broad SMARTS) is 1. The second kappa shape index (κ2) is 9.18. The van der Waals surface area contributed by atoms with E-state index >= 15 is 0 Å². The predicted octanol–water partition coefficient (Wildman–Crippen LogP) is 0.0948. The van der Waals surface area contributed by atoms with Crippen molar-refractivity contribution >= 4 is 23.6 Å². The van der Waals surface area contributed by atoms with E-state index in [9.17, 15) is 14.7 Å². The molecule has 6 nitrogen and oxygen atoms in total. The van der Waals surface area contributed by atoms with Crippen LogP contribution in [0.25, 0.3) is 0 Å². The predicted molar refractivity (Wildman–Crippen MR) is 69.7 cm³/mol. The van der Waals surface area contributed by atoms with Crippen LogP contribution in [0.3, 0.4) is 0 Å². The van der Waals surface area contributed by atoms with E-state index in [0.717, 1.165) is 0 Å². The fourth-order valence-corrected chi connectivity index (χ4v) is 2.06. The second-order valence-electron chi connectivity index (χ2n) is 4.16. The largest absolute Gasteiger partial charge is 0.480 e. The maximum atomic E-state index is 10.8. The van der Waals surface area contributed by atoms with Crippen molar-refractivity contribution in [1.82, 2.24) is 5.32 Å². The van der Waals surface area contributed by atoms with Crippen LogP contribution < -0.4 is 5.32 Å². The van der Waals surface area contributed by atoms with Crippen LogP contribution in [0.15, 0.2) is 0 Å². The molecule has 0 fully saturated rings. The van der Waals surface area contributed by atoms with E-state index in [1.165, 1.54) is 18.7 Å². The van der Waals surface area contributed by atoms with Gasteiger partial charge in [-0.15, -0.1) is 0 Å². The van der Waals surface area contributed by atoms with Crippen LogP contribution in [0.4, 0.5) is 0 Å². The monoisotopic (exact) mass is 279 g/mol. The summed E-state index contributed by atoms with van der Waals surface area (Å²) < 4.78 is 5.22. The lowest BCUT2D eigenvalue weighted by Crippen LogP contribution is -2.41. The maximum absolute atomic E-state index is 10.8. The summed E-state index contributed by atoms with van der Waals surface area (Å²) in [6.07, 6.45) is -0.583. The molecule has 1 amide bonds. The molecule has 0 saturated carbocycles. The number of carbonyl (C=O) groups excluding carboxylic acids is 1. The summed E-state index contributed by atoms with van der Waals surface area (Å²) >= 11 is 1.27. The van der Waals surface area contributed by atoms with Gasteiger partial charge in [0.2, 0.25) is 5.91 Å². The van der Waals surface area contributed by atoms with E-state index in [1.54, 1.807) is 0 Å². The number of carboxylic acids is 1. The first-order valence-electron chi connectivity index (χ1n) is 5.70. The van der Waals surface area contributed by atoms with Crippen molar-refractivity contribution in [2.45, 2.75) is 39.0 Å². The Labute approximate surface area is 111 Å². The lowest BCUT2D eigenvalue weighted by atomic mass is 10.3. The summed E-state index contributed by atoms with van der Waals surface area (Å²) in [5.41, 5.74) is 0. The Kier molecular flexibility index (Phi) is 8.78. The number of aliphatic hydroxyl groups excluding tert-OH is 1. The average Bonchev–Trinajstić information content (AvgIpc) is 2.24. The molecule has 0 aliphatic rings. The number of nitrogens with one attached hydrogen (secondary N) is 1. The second-order valence-corrected chi connectivity index (χ2v) is 5.24. The van der Waals surface area contributed by atoms with Crippen LogP contribution in [-0.2, 0) is 14.3 Å². The minimum absolute atomic E-state index is 0.0517. The first-order valence-corrected chi connectivity index (χ1v) is 6.85. The Bertz CT molecular complexity index is 272. The van der Waals surface area contributed by atoms with E-state index in [1.807, 2.05) is 13.8 Å². The van der Waals surface area contributed by atoms with Gasteiger partial charge in [-0.05, 0) is 13.8 Å². The van der Waals surface area contributed by atoms with Gasteiger partial charge in [0.25, 0.3) is 0 Å². The van der Waals surface area contributed by atoms with E-state index in [-0.39, 0.29) is 24.4 Å². The molecular formula is C11H21NO5S. The molecule has 0 aliphatic carbocycles. The molecule has 0 spiro atoms. The molecule has 0 bridgehead atoms. The van der Waals surface area contributed by atoms with Gasteiger partial charge in [-0.3, -0.25) is 4.79 Å². The topological polar surface area (TPSA) is 95.9 Å². The number of aliphatic hydroxyl groups is 1. The minimum Gasteiger partial charge on any atom is -0.480 e. The highest BCUT2D eigenvalue weighted by molar-refractivity contribution is 7.99. The zero-order chi connectivity index (χ0) is 14.1. The quantitative estimate of drug-likeness (QED) is 0.554. The van der Waals surface area contributed by atoms with E-state index in [0.29, 0.717) is 5.75 Å². The number of hydrogen-bond acceptors (Lipinski definition) is 5. The number of rotatable bonds is 9. The van der Waals surface area contributed by atoms with Gasteiger partial charge in [-0.2, -0.15) is 11.8 Å². The zero-order valence-electron chi connectivity index (χ0n) is 10.9. The molecule has 0 saturated heterocycles. The molecule has 18 heavy (non-hydrogen) atoms. The number of aliphatic carboxylic acids is 1. The average molecular weight is 279 g/mol. The van der Waals surface area contributed by atoms with Gasteiger partial charge in [0.05, 0.1) is 18.8 Å². The molecule has 0 aromatic rings. The standard InChI is InChI=1S/C11H21NO5S/c1-7(2)17-4-9(14)5-18-6-10(11(15)16)12-8(3)13/h7,9-10,14H,4-6H2,1-3H3,(H,12,13)(H,15,16). The van der Waals surface area contributed by atoms with Crippen molar-refractivity contribution in [2.24, 2.45) is 0 Å². The summed E-state index contributed by atoms with van der Waals surface area (Å²) in [5.74, 6) is -0.874. The molecule has 3 N–H and O–H groups in total. The van der Waals surface area contributed by atoms with E-state index in [4.69, 9.17) is 9.84 Å². The van der Waals surface area contributed by atoms with Gasteiger partial charge in [-0.25, -0.2) is 4.79 Å². The lowest BCUT2D eigenvalue weighted by Gasteiger charge is -2.15. The smallest absolute Gasteiger partial charge is 0.327 e. The summed E-state index contributed by atoms with van der Waals surface area (Å²) in [5, 5.41) is 20.7.